The van der Waals surface area contributed by atoms with Crippen LogP contribution in [0.4, 0.5) is 0 Å². The van der Waals surface area contributed by atoms with Gasteiger partial charge in [0.1, 0.15) is 5.75 Å². The number of benzene rings is 1. The van der Waals surface area contributed by atoms with E-state index in [-0.39, 0.29) is 25.1 Å². The van der Waals surface area contributed by atoms with Gasteiger partial charge in [-0.05, 0) is 57.0 Å². The van der Waals surface area contributed by atoms with Crippen molar-refractivity contribution in [1.29, 1.82) is 0 Å². The maximum atomic E-state index is 12.5. The number of Topliss-reactive ketones (excluding diaryl/α,β-unsaturated/α-hetero) is 1. The van der Waals surface area contributed by atoms with Crippen LogP contribution in [0.3, 0.4) is 0 Å². The minimum atomic E-state index is -0.600. The number of aromatic nitrogens is 1. The lowest BCUT2D eigenvalue weighted by Crippen LogP contribution is -2.20. The lowest BCUT2D eigenvalue weighted by atomic mass is 10.1. The summed E-state index contributed by atoms with van der Waals surface area (Å²) in [6.07, 6.45) is 2.30. The zero-order valence-electron chi connectivity index (χ0n) is 16.1. The second kappa shape index (κ2) is 9.26. The molecular weight excluding hydrogens is 382 g/mol. The SMILES string of the molecule is Cc1cc(C(=O)COC(=O)COc2ccc(Cl)cc2)c(C)n1C[C@H]1CCCO1. The molecule has 1 aromatic heterocycles. The van der Waals surface area contributed by atoms with Crippen LogP contribution < -0.4 is 4.74 Å². The summed E-state index contributed by atoms with van der Waals surface area (Å²) in [4.78, 5) is 24.4. The van der Waals surface area contributed by atoms with Crippen molar-refractivity contribution in [1.82, 2.24) is 4.57 Å². The smallest absolute Gasteiger partial charge is 0.344 e. The summed E-state index contributed by atoms with van der Waals surface area (Å²) in [5.41, 5.74) is 2.43. The maximum absolute atomic E-state index is 12.5. The number of hydrogen-bond acceptors (Lipinski definition) is 5. The van der Waals surface area contributed by atoms with E-state index in [1.54, 1.807) is 24.3 Å². The Balaban J connectivity index is 1.51. The summed E-state index contributed by atoms with van der Waals surface area (Å²) >= 11 is 5.80. The van der Waals surface area contributed by atoms with Crippen LogP contribution in [0, 0.1) is 13.8 Å². The number of rotatable bonds is 8. The third kappa shape index (κ3) is 5.14. The molecule has 1 fully saturated rings. The van der Waals surface area contributed by atoms with Crippen molar-refractivity contribution in [2.24, 2.45) is 0 Å². The van der Waals surface area contributed by atoms with E-state index >= 15 is 0 Å². The minimum absolute atomic E-state index is 0.190. The number of ketones is 1. The van der Waals surface area contributed by atoms with Gasteiger partial charge in [-0.3, -0.25) is 4.79 Å². The Hall–Kier alpha value is -2.31. The summed E-state index contributed by atoms with van der Waals surface area (Å²) in [6, 6.07) is 8.48. The molecule has 0 radical (unpaired) electrons. The normalized spacial score (nSPS) is 16.2. The fourth-order valence-corrected chi connectivity index (χ4v) is 3.42. The topological polar surface area (TPSA) is 66.8 Å². The van der Waals surface area contributed by atoms with Crippen molar-refractivity contribution in [2.45, 2.75) is 39.3 Å². The van der Waals surface area contributed by atoms with Crippen LogP contribution in [0.25, 0.3) is 0 Å². The van der Waals surface area contributed by atoms with Gasteiger partial charge in [0.15, 0.2) is 13.2 Å². The molecule has 1 aromatic carbocycles. The predicted molar refractivity (Wildman–Crippen MR) is 105 cm³/mol. The fourth-order valence-electron chi connectivity index (χ4n) is 3.29. The van der Waals surface area contributed by atoms with E-state index in [0.29, 0.717) is 16.3 Å². The summed E-state index contributed by atoms with van der Waals surface area (Å²) in [6.45, 7) is 4.81. The quantitative estimate of drug-likeness (QED) is 0.494. The van der Waals surface area contributed by atoms with Gasteiger partial charge in [0.05, 0.1) is 6.10 Å². The molecule has 2 aromatic rings. The standard InChI is InChI=1S/C21H24ClNO5/c1-14-10-19(15(2)23(14)11-18-4-3-9-26-18)20(24)12-28-21(25)13-27-17-7-5-16(22)6-8-17/h5-8,10,18H,3-4,9,11-13H2,1-2H3/t18-/m1/s1. The highest BCUT2D eigenvalue weighted by Crippen LogP contribution is 2.21. The van der Waals surface area contributed by atoms with Gasteiger partial charge in [-0.15, -0.1) is 0 Å². The second-order valence-corrected chi connectivity index (χ2v) is 7.29. The molecule has 0 amide bonds. The molecule has 0 bridgehead atoms. The van der Waals surface area contributed by atoms with E-state index in [2.05, 4.69) is 4.57 Å². The first-order valence-electron chi connectivity index (χ1n) is 9.29. The van der Waals surface area contributed by atoms with E-state index in [0.717, 1.165) is 37.4 Å². The number of nitrogens with zero attached hydrogens (tertiary/aromatic N) is 1. The Morgan fingerprint density at radius 3 is 2.64 bits per heavy atom. The maximum Gasteiger partial charge on any atom is 0.344 e. The van der Waals surface area contributed by atoms with Gasteiger partial charge in [0, 0.05) is 35.1 Å². The Labute approximate surface area is 169 Å². The summed E-state index contributed by atoms with van der Waals surface area (Å²) in [5, 5.41) is 0.581. The molecule has 150 valence electrons. The first-order chi connectivity index (χ1) is 13.4. The van der Waals surface area contributed by atoms with Gasteiger partial charge in [-0.2, -0.15) is 0 Å². The van der Waals surface area contributed by atoms with Crippen LogP contribution in [0.15, 0.2) is 30.3 Å². The van der Waals surface area contributed by atoms with Crippen LogP contribution in [-0.4, -0.2) is 42.2 Å². The Morgan fingerprint density at radius 2 is 1.96 bits per heavy atom. The zero-order chi connectivity index (χ0) is 20.1. The Kier molecular flexibility index (Phi) is 6.75. The van der Waals surface area contributed by atoms with Gasteiger partial charge in [-0.1, -0.05) is 11.6 Å². The van der Waals surface area contributed by atoms with Gasteiger partial charge in [-0.25, -0.2) is 4.79 Å². The number of carbonyl (C=O) groups excluding carboxylic acids is 2. The average molecular weight is 406 g/mol. The van der Waals surface area contributed by atoms with Crippen LogP contribution >= 0.6 is 11.6 Å². The fraction of sp³-hybridized carbons (Fsp3) is 0.429. The number of halogens is 1. The van der Waals surface area contributed by atoms with Gasteiger partial charge < -0.3 is 18.8 Å². The third-order valence-corrected chi connectivity index (χ3v) is 5.07. The summed E-state index contributed by atoms with van der Waals surface area (Å²) < 4.78 is 18.2. The van der Waals surface area contributed by atoms with E-state index in [1.807, 2.05) is 19.9 Å². The van der Waals surface area contributed by atoms with Crippen molar-refractivity contribution in [3.05, 3.63) is 52.3 Å². The Morgan fingerprint density at radius 1 is 1.21 bits per heavy atom. The molecule has 0 unspecified atom stereocenters. The lowest BCUT2D eigenvalue weighted by molar-refractivity contribution is -0.144. The molecular formula is C21H24ClNO5. The molecule has 1 atom stereocenters. The van der Waals surface area contributed by atoms with Crippen molar-refractivity contribution in [2.75, 3.05) is 19.8 Å². The van der Waals surface area contributed by atoms with Crippen LogP contribution in [-0.2, 0) is 20.8 Å². The molecule has 0 N–H and O–H groups in total. The van der Waals surface area contributed by atoms with E-state index < -0.39 is 5.97 Å². The molecule has 1 aliphatic rings. The molecule has 2 heterocycles. The van der Waals surface area contributed by atoms with E-state index in [1.165, 1.54) is 0 Å². The molecule has 1 aliphatic heterocycles. The van der Waals surface area contributed by atoms with Crippen LogP contribution in [0.2, 0.25) is 5.02 Å². The highest BCUT2D eigenvalue weighted by molar-refractivity contribution is 6.30. The van der Waals surface area contributed by atoms with Crippen molar-refractivity contribution < 1.29 is 23.8 Å². The second-order valence-electron chi connectivity index (χ2n) is 6.86. The minimum Gasteiger partial charge on any atom is -0.482 e. The highest BCUT2D eigenvalue weighted by Gasteiger charge is 2.21. The van der Waals surface area contributed by atoms with Gasteiger partial charge in [0.25, 0.3) is 0 Å². The largest absolute Gasteiger partial charge is 0.482 e. The number of hydrogen-bond donors (Lipinski definition) is 0. The van der Waals surface area contributed by atoms with Crippen molar-refractivity contribution in [3.8, 4) is 5.75 Å². The molecule has 0 aliphatic carbocycles. The monoisotopic (exact) mass is 405 g/mol. The first kappa shape index (κ1) is 20.4. The predicted octanol–water partition coefficient (Wildman–Crippen LogP) is 3.74. The van der Waals surface area contributed by atoms with Crippen LogP contribution in [0.5, 0.6) is 5.75 Å². The number of carbonyl (C=O) groups is 2. The highest BCUT2D eigenvalue weighted by atomic mass is 35.5. The van der Waals surface area contributed by atoms with Crippen molar-refractivity contribution in [3.63, 3.8) is 0 Å². The molecule has 7 heteroatoms. The summed E-state index contributed by atoms with van der Waals surface area (Å²) in [7, 11) is 0. The van der Waals surface area contributed by atoms with Gasteiger partial charge in [0.2, 0.25) is 5.78 Å². The zero-order valence-corrected chi connectivity index (χ0v) is 16.8. The molecule has 3 rings (SSSR count). The van der Waals surface area contributed by atoms with E-state index in [9.17, 15) is 9.59 Å². The third-order valence-electron chi connectivity index (χ3n) is 4.82. The summed E-state index contributed by atoms with van der Waals surface area (Å²) in [5.74, 6) is -0.326. The number of aryl methyl sites for hydroxylation is 1. The first-order valence-corrected chi connectivity index (χ1v) is 9.67. The van der Waals surface area contributed by atoms with Crippen LogP contribution in [0.1, 0.15) is 34.6 Å². The molecule has 28 heavy (non-hydrogen) atoms. The number of ether oxygens (including phenoxy) is 3. The van der Waals surface area contributed by atoms with Gasteiger partial charge >= 0.3 is 5.97 Å². The Bertz CT molecular complexity index is 837. The molecule has 6 nitrogen and oxygen atoms in total. The lowest BCUT2D eigenvalue weighted by Gasteiger charge is -2.14. The molecule has 1 saturated heterocycles. The molecule has 0 saturated carbocycles. The van der Waals surface area contributed by atoms with Crippen molar-refractivity contribution >= 4 is 23.4 Å². The average Bonchev–Trinajstić information content (AvgIpc) is 3.29. The van der Waals surface area contributed by atoms with E-state index in [4.69, 9.17) is 25.8 Å². The number of esters is 1. The molecule has 0 spiro atoms.